The minimum Gasteiger partial charge on any atom is -0.366 e. The maximum absolute atomic E-state index is 14.2. The van der Waals surface area contributed by atoms with Crippen LogP contribution in [0.1, 0.15) is 38.5 Å². The third kappa shape index (κ3) is 5.69. The first-order valence-corrected chi connectivity index (χ1v) is 12.9. The maximum Gasteiger partial charge on any atom is 0.280 e. The SMILES string of the molecule is NC(=O)c1cc(-c2cccnc2C(Cc2cccc(F)c2)NC(=O)SC2C(=O)Nc3ccc(F)cc32)ccc1F. The number of pyridine rings is 1. The molecule has 3 amide bonds. The van der Waals surface area contributed by atoms with Gasteiger partial charge in [0.05, 0.1) is 17.3 Å². The summed E-state index contributed by atoms with van der Waals surface area (Å²) in [6.07, 6.45) is 1.61. The molecule has 0 spiro atoms. The van der Waals surface area contributed by atoms with Gasteiger partial charge in [-0.1, -0.05) is 24.3 Å². The molecule has 1 aliphatic heterocycles. The van der Waals surface area contributed by atoms with Crippen LogP contribution < -0.4 is 16.4 Å². The van der Waals surface area contributed by atoms with Crippen LogP contribution in [-0.4, -0.2) is 22.0 Å². The number of nitrogens with two attached hydrogens (primary N) is 1. The second kappa shape index (κ2) is 11.2. The number of anilines is 1. The van der Waals surface area contributed by atoms with Crippen LogP contribution >= 0.6 is 11.8 Å². The zero-order valence-corrected chi connectivity index (χ0v) is 21.5. The van der Waals surface area contributed by atoms with Gasteiger partial charge >= 0.3 is 0 Å². The highest BCUT2D eigenvalue weighted by Crippen LogP contribution is 2.41. The summed E-state index contributed by atoms with van der Waals surface area (Å²) in [7, 11) is 0. The van der Waals surface area contributed by atoms with Gasteiger partial charge in [0.15, 0.2) is 0 Å². The Morgan fingerprint density at radius 2 is 1.80 bits per heavy atom. The summed E-state index contributed by atoms with van der Waals surface area (Å²) in [6.45, 7) is 0. The van der Waals surface area contributed by atoms with Gasteiger partial charge in [0, 0.05) is 23.0 Å². The Labute approximate surface area is 231 Å². The molecule has 0 bridgehead atoms. The normalized spacial score (nSPS) is 14.8. The number of hydrogen-bond acceptors (Lipinski definition) is 5. The lowest BCUT2D eigenvalue weighted by molar-refractivity contribution is -0.115. The number of amides is 3. The van der Waals surface area contributed by atoms with E-state index in [1.807, 2.05) is 0 Å². The fraction of sp³-hybridized carbons (Fsp3) is 0.103. The van der Waals surface area contributed by atoms with E-state index in [9.17, 15) is 27.6 Å². The quantitative estimate of drug-likeness (QED) is 0.268. The molecule has 1 aliphatic rings. The van der Waals surface area contributed by atoms with Gasteiger partial charge in [-0.25, -0.2) is 13.2 Å². The largest absolute Gasteiger partial charge is 0.366 e. The molecule has 11 heteroatoms. The van der Waals surface area contributed by atoms with Crippen LogP contribution in [0.5, 0.6) is 0 Å². The van der Waals surface area contributed by atoms with Gasteiger partial charge < -0.3 is 16.4 Å². The van der Waals surface area contributed by atoms with Crippen molar-refractivity contribution in [2.75, 3.05) is 5.32 Å². The van der Waals surface area contributed by atoms with Crippen LogP contribution in [0, 0.1) is 17.5 Å². The number of halogens is 3. The summed E-state index contributed by atoms with van der Waals surface area (Å²) in [5, 5.41) is 3.89. The fourth-order valence-electron chi connectivity index (χ4n) is 4.54. The molecule has 7 nitrogen and oxygen atoms in total. The summed E-state index contributed by atoms with van der Waals surface area (Å²) in [4.78, 5) is 42.1. The molecule has 2 heterocycles. The number of rotatable bonds is 7. The molecule has 4 N–H and O–H groups in total. The number of aromatic nitrogens is 1. The van der Waals surface area contributed by atoms with Crippen LogP contribution in [0.2, 0.25) is 0 Å². The van der Waals surface area contributed by atoms with Crippen molar-refractivity contribution >= 4 is 34.5 Å². The Morgan fingerprint density at radius 3 is 2.58 bits per heavy atom. The van der Waals surface area contributed by atoms with Crippen molar-refractivity contribution in [1.29, 1.82) is 0 Å². The molecule has 5 rings (SSSR count). The third-order valence-corrected chi connectivity index (χ3v) is 7.38. The predicted octanol–water partition coefficient (Wildman–Crippen LogP) is 5.68. The smallest absolute Gasteiger partial charge is 0.280 e. The maximum atomic E-state index is 14.2. The summed E-state index contributed by atoms with van der Waals surface area (Å²) in [6, 6.07) is 16.0. The van der Waals surface area contributed by atoms with E-state index in [1.165, 1.54) is 54.7 Å². The highest BCUT2D eigenvalue weighted by atomic mass is 32.2. The molecule has 3 aromatic carbocycles. The molecular weight excluding hydrogens is 541 g/mol. The number of benzene rings is 3. The standard InChI is InChI=1S/C29H21F3N4O3S/c30-17-4-1-3-15(11-17)12-24(36-29(39)40-26-21-14-18(31)7-9-23(21)35-28(26)38)25-19(5-2-10-34-25)16-6-8-22(32)20(13-16)27(33)37/h1-11,13-14,24,26H,12H2,(H2,33,37)(H,35,38)(H,36,39). The van der Waals surface area contributed by atoms with Crippen LogP contribution in [0.3, 0.4) is 0 Å². The zero-order valence-electron chi connectivity index (χ0n) is 20.7. The Balaban J connectivity index is 1.50. The first-order valence-electron chi connectivity index (χ1n) is 12.1. The predicted molar refractivity (Wildman–Crippen MR) is 145 cm³/mol. The number of primary amides is 1. The lowest BCUT2D eigenvalue weighted by Gasteiger charge is -2.22. The van der Waals surface area contributed by atoms with Crippen molar-refractivity contribution in [1.82, 2.24) is 10.3 Å². The summed E-state index contributed by atoms with van der Waals surface area (Å²) < 4.78 is 42.1. The van der Waals surface area contributed by atoms with Crippen LogP contribution in [0.15, 0.2) is 79.0 Å². The molecule has 0 saturated carbocycles. The average molecular weight is 563 g/mol. The second-order valence-electron chi connectivity index (χ2n) is 9.03. The van der Waals surface area contributed by atoms with E-state index in [2.05, 4.69) is 15.6 Å². The number of fused-ring (bicyclic) bond motifs is 1. The first-order chi connectivity index (χ1) is 19.2. The van der Waals surface area contributed by atoms with Gasteiger partial charge in [-0.3, -0.25) is 19.4 Å². The van der Waals surface area contributed by atoms with Gasteiger partial charge in [0.2, 0.25) is 5.91 Å². The molecule has 0 radical (unpaired) electrons. The number of hydrogen-bond donors (Lipinski definition) is 3. The number of thioether (sulfide) groups is 1. The van der Waals surface area contributed by atoms with Gasteiger partial charge in [0.1, 0.15) is 22.7 Å². The fourth-order valence-corrected chi connectivity index (χ4v) is 5.45. The zero-order chi connectivity index (χ0) is 28.4. The third-order valence-electron chi connectivity index (χ3n) is 6.35. The molecule has 4 aromatic rings. The Kier molecular flexibility index (Phi) is 7.56. The Morgan fingerprint density at radius 1 is 1.00 bits per heavy atom. The van der Waals surface area contributed by atoms with Gasteiger partial charge in [-0.05, 0) is 77.8 Å². The Hall–Kier alpha value is -4.64. The van der Waals surface area contributed by atoms with Crippen molar-refractivity contribution in [3.8, 4) is 11.1 Å². The van der Waals surface area contributed by atoms with Crippen molar-refractivity contribution < 1.29 is 27.6 Å². The average Bonchev–Trinajstić information content (AvgIpc) is 3.22. The van der Waals surface area contributed by atoms with Gasteiger partial charge in [-0.2, -0.15) is 0 Å². The highest BCUT2D eigenvalue weighted by Gasteiger charge is 2.34. The monoisotopic (exact) mass is 562 g/mol. The summed E-state index contributed by atoms with van der Waals surface area (Å²) >= 11 is 0.672. The van der Waals surface area contributed by atoms with Crippen molar-refractivity contribution in [3.63, 3.8) is 0 Å². The van der Waals surface area contributed by atoms with E-state index in [-0.39, 0.29) is 12.0 Å². The van der Waals surface area contributed by atoms with E-state index in [0.717, 1.165) is 6.07 Å². The number of carbonyl (C=O) groups is 3. The molecule has 0 aliphatic carbocycles. The van der Waals surface area contributed by atoms with Crippen LogP contribution in [-0.2, 0) is 11.2 Å². The van der Waals surface area contributed by atoms with E-state index < -0.39 is 45.8 Å². The van der Waals surface area contributed by atoms with Gasteiger partial charge in [0.25, 0.3) is 11.1 Å². The number of carbonyl (C=O) groups excluding carboxylic acids is 3. The first kappa shape index (κ1) is 26.9. The second-order valence-corrected chi connectivity index (χ2v) is 10.1. The van der Waals surface area contributed by atoms with E-state index >= 15 is 0 Å². The lowest BCUT2D eigenvalue weighted by Crippen LogP contribution is -2.29. The molecular formula is C29H21F3N4O3S. The van der Waals surface area contributed by atoms with Crippen LogP contribution in [0.4, 0.5) is 23.7 Å². The van der Waals surface area contributed by atoms with E-state index in [0.29, 0.717) is 45.4 Å². The van der Waals surface area contributed by atoms with Crippen molar-refractivity contribution in [2.45, 2.75) is 17.7 Å². The Bertz CT molecular complexity index is 1650. The molecule has 0 fully saturated rings. The highest BCUT2D eigenvalue weighted by molar-refractivity contribution is 8.14. The van der Waals surface area contributed by atoms with Crippen molar-refractivity contribution in [3.05, 3.63) is 119 Å². The van der Waals surface area contributed by atoms with E-state index in [1.54, 1.807) is 18.2 Å². The molecule has 40 heavy (non-hydrogen) atoms. The summed E-state index contributed by atoms with van der Waals surface area (Å²) in [5.74, 6) is -3.21. The molecule has 1 aromatic heterocycles. The molecule has 0 saturated heterocycles. The van der Waals surface area contributed by atoms with Gasteiger partial charge in [-0.15, -0.1) is 0 Å². The molecule has 2 atom stereocenters. The molecule has 2 unspecified atom stereocenters. The van der Waals surface area contributed by atoms with Crippen LogP contribution in [0.25, 0.3) is 11.1 Å². The number of nitrogens with one attached hydrogen (secondary N) is 2. The summed E-state index contributed by atoms with van der Waals surface area (Å²) in [5.41, 5.74) is 7.57. The van der Waals surface area contributed by atoms with Crippen molar-refractivity contribution in [2.24, 2.45) is 5.73 Å². The topological polar surface area (TPSA) is 114 Å². The lowest BCUT2D eigenvalue weighted by atomic mass is 9.94. The molecule has 202 valence electrons. The minimum atomic E-state index is -0.987. The number of nitrogens with zero attached hydrogens (tertiary/aromatic N) is 1. The minimum absolute atomic E-state index is 0.111. The van der Waals surface area contributed by atoms with E-state index in [4.69, 9.17) is 5.73 Å².